The number of ether oxygens (including phenoxy) is 1. The smallest absolute Gasteiger partial charge is 0.242 e. The summed E-state index contributed by atoms with van der Waals surface area (Å²) in [6.07, 6.45) is 0.923. The lowest BCUT2D eigenvalue weighted by atomic mass is 10.1. The molecule has 0 radical (unpaired) electrons. The van der Waals surface area contributed by atoms with Crippen LogP contribution in [0.1, 0.15) is 31.4 Å². The predicted molar refractivity (Wildman–Crippen MR) is 110 cm³/mol. The molecule has 2 aromatic rings. The normalized spacial score (nSPS) is 12.6. The van der Waals surface area contributed by atoms with E-state index >= 15 is 0 Å². The molecule has 0 aliphatic heterocycles. The van der Waals surface area contributed by atoms with E-state index in [9.17, 15) is 13.2 Å². The van der Waals surface area contributed by atoms with Gasteiger partial charge in [0.05, 0.1) is 17.5 Å². The van der Waals surface area contributed by atoms with Gasteiger partial charge in [-0.05, 0) is 55.3 Å². The first-order valence-electron chi connectivity index (χ1n) is 8.90. The quantitative estimate of drug-likeness (QED) is 0.623. The van der Waals surface area contributed by atoms with Crippen LogP contribution in [-0.2, 0) is 14.8 Å². The first-order chi connectivity index (χ1) is 13.2. The molecule has 0 aromatic heterocycles. The number of carbonyl (C=O) groups is 1. The molecule has 0 aliphatic carbocycles. The number of hydrogen-bond donors (Lipinski definition) is 1. The van der Waals surface area contributed by atoms with Gasteiger partial charge < -0.3 is 10.1 Å². The number of rotatable bonds is 9. The van der Waals surface area contributed by atoms with Crippen molar-refractivity contribution in [3.05, 3.63) is 59.1 Å². The van der Waals surface area contributed by atoms with Gasteiger partial charge in [0.25, 0.3) is 0 Å². The predicted octanol–water partition coefficient (Wildman–Crippen LogP) is 3.63. The minimum atomic E-state index is -3.46. The Bertz CT molecular complexity index is 881. The summed E-state index contributed by atoms with van der Waals surface area (Å²) in [7, 11) is -0.480. The monoisotopic (exact) mass is 424 g/mol. The Kier molecular flexibility index (Phi) is 7.86. The zero-order chi connectivity index (χ0) is 20.7. The molecular weight excluding hydrogens is 400 g/mol. The molecule has 6 nitrogen and oxygen atoms in total. The summed E-state index contributed by atoms with van der Waals surface area (Å²) >= 11 is 5.82. The highest BCUT2D eigenvalue weighted by Gasteiger charge is 2.17. The van der Waals surface area contributed by atoms with E-state index in [2.05, 4.69) is 5.32 Å². The molecule has 0 saturated heterocycles. The Morgan fingerprint density at radius 1 is 1.11 bits per heavy atom. The van der Waals surface area contributed by atoms with Crippen molar-refractivity contribution in [3.8, 4) is 5.75 Å². The Morgan fingerprint density at radius 2 is 1.71 bits per heavy atom. The van der Waals surface area contributed by atoms with Gasteiger partial charge in [0.1, 0.15) is 5.75 Å². The third-order valence-electron chi connectivity index (χ3n) is 4.17. The summed E-state index contributed by atoms with van der Waals surface area (Å²) in [5, 5.41) is 3.56. The number of sulfonamides is 1. The Labute approximate surface area is 171 Å². The third-order valence-corrected chi connectivity index (χ3v) is 6.25. The minimum Gasteiger partial charge on any atom is -0.494 e. The van der Waals surface area contributed by atoms with Gasteiger partial charge in [-0.1, -0.05) is 23.7 Å². The Hall–Kier alpha value is -2.09. The molecule has 2 rings (SSSR count). The molecule has 1 amide bonds. The maximum atomic E-state index is 12.1. The summed E-state index contributed by atoms with van der Waals surface area (Å²) in [6, 6.07) is 13.4. The van der Waals surface area contributed by atoms with Gasteiger partial charge in [-0.25, -0.2) is 12.7 Å². The number of halogens is 1. The number of hydrogen-bond acceptors (Lipinski definition) is 4. The average molecular weight is 425 g/mol. The van der Waals surface area contributed by atoms with Crippen LogP contribution in [0.5, 0.6) is 5.75 Å². The van der Waals surface area contributed by atoms with E-state index in [4.69, 9.17) is 16.3 Å². The number of nitrogens with one attached hydrogen (secondary N) is 1. The zero-order valence-corrected chi connectivity index (χ0v) is 17.8. The fourth-order valence-electron chi connectivity index (χ4n) is 2.49. The van der Waals surface area contributed by atoms with Gasteiger partial charge in [-0.2, -0.15) is 0 Å². The van der Waals surface area contributed by atoms with Crippen molar-refractivity contribution in [1.82, 2.24) is 9.62 Å². The van der Waals surface area contributed by atoms with Gasteiger partial charge in [0, 0.05) is 25.5 Å². The highest BCUT2D eigenvalue weighted by Crippen LogP contribution is 2.19. The third kappa shape index (κ3) is 6.22. The van der Waals surface area contributed by atoms with E-state index in [0.29, 0.717) is 30.2 Å². The van der Waals surface area contributed by atoms with Gasteiger partial charge >= 0.3 is 0 Å². The van der Waals surface area contributed by atoms with Crippen molar-refractivity contribution in [2.75, 3.05) is 20.7 Å². The van der Waals surface area contributed by atoms with E-state index in [1.54, 1.807) is 48.5 Å². The highest BCUT2D eigenvalue weighted by molar-refractivity contribution is 7.89. The fourth-order valence-corrected chi connectivity index (χ4v) is 3.52. The lowest BCUT2D eigenvalue weighted by Gasteiger charge is -2.16. The van der Waals surface area contributed by atoms with Crippen LogP contribution in [-0.4, -0.2) is 39.3 Å². The number of benzene rings is 2. The summed E-state index contributed by atoms with van der Waals surface area (Å²) in [4.78, 5) is 12.3. The van der Waals surface area contributed by atoms with Crippen LogP contribution in [0, 0.1) is 0 Å². The molecule has 0 fully saturated rings. The lowest BCUT2D eigenvalue weighted by Crippen LogP contribution is -2.27. The second kappa shape index (κ2) is 9.91. The fraction of sp³-hybridized carbons (Fsp3) is 0.350. The molecule has 0 aliphatic rings. The Balaban J connectivity index is 1.79. The topological polar surface area (TPSA) is 75.7 Å². The minimum absolute atomic E-state index is 0.0859. The first kappa shape index (κ1) is 22.2. The van der Waals surface area contributed by atoms with Crippen LogP contribution in [0.25, 0.3) is 0 Å². The molecule has 28 heavy (non-hydrogen) atoms. The maximum absolute atomic E-state index is 12.1. The molecule has 1 N–H and O–H groups in total. The largest absolute Gasteiger partial charge is 0.494 e. The lowest BCUT2D eigenvalue weighted by molar-refractivity contribution is -0.121. The van der Waals surface area contributed by atoms with Crippen LogP contribution in [0.3, 0.4) is 0 Å². The highest BCUT2D eigenvalue weighted by atomic mass is 35.5. The van der Waals surface area contributed by atoms with Crippen molar-refractivity contribution in [3.63, 3.8) is 0 Å². The van der Waals surface area contributed by atoms with Crippen LogP contribution in [0.2, 0.25) is 5.02 Å². The molecule has 2 aromatic carbocycles. The van der Waals surface area contributed by atoms with E-state index in [1.165, 1.54) is 18.4 Å². The number of nitrogens with zero attached hydrogens (tertiary/aromatic N) is 1. The van der Waals surface area contributed by atoms with Gasteiger partial charge in [0.2, 0.25) is 15.9 Å². The van der Waals surface area contributed by atoms with Crippen molar-refractivity contribution >= 4 is 27.5 Å². The van der Waals surface area contributed by atoms with E-state index in [1.807, 2.05) is 6.92 Å². The number of carbonyl (C=O) groups excluding carboxylic acids is 1. The van der Waals surface area contributed by atoms with Gasteiger partial charge in [0.15, 0.2) is 0 Å². The molecular formula is C20H25ClN2O4S. The van der Waals surface area contributed by atoms with E-state index < -0.39 is 10.0 Å². The molecule has 0 spiro atoms. The molecule has 1 atom stereocenters. The molecule has 0 bridgehead atoms. The summed E-state index contributed by atoms with van der Waals surface area (Å²) in [6.45, 7) is 2.29. The van der Waals surface area contributed by atoms with Crippen LogP contribution in [0.4, 0.5) is 0 Å². The van der Waals surface area contributed by atoms with Crippen molar-refractivity contribution in [2.24, 2.45) is 0 Å². The van der Waals surface area contributed by atoms with Gasteiger partial charge in [-0.3, -0.25) is 4.79 Å². The summed E-state index contributed by atoms with van der Waals surface area (Å²) < 4.78 is 30.9. The van der Waals surface area contributed by atoms with E-state index in [0.717, 1.165) is 5.56 Å². The second-order valence-electron chi connectivity index (χ2n) is 6.55. The first-order valence-corrected chi connectivity index (χ1v) is 10.7. The SMILES string of the molecule is CC(NC(=O)CCCOc1ccc(Cl)cc1)c1ccc(S(=O)(=O)N(C)C)cc1. The van der Waals surface area contributed by atoms with Crippen LogP contribution < -0.4 is 10.1 Å². The molecule has 0 heterocycles. The Morgan fingerprint density at radius 3 is 2.29 bits per heavy atom. The zero-order valence-electron chi connectivity index (χ0n) is 16.2. The second-order valence-corrected chi connectivity index (χ2v) is 9.14. The van der Waals surface area contributed by atoms with E-state index in [-0.39, 0.29) is 16.8 Å². The van der Waals surface area contributed by atoms with Crippen molar-refractivity contribution in [2.45, 2.75) is 30.7 Å². The van der Waals surface area contributed by atoms with Crippen LogP contribution in [0.15, 0.2) is 53.4 Å². The standard InChI is InChI=1S/C20H25ClN2O4S/c1-15(16-6-12-19(13-7-16)28(25,26)23(2)3)22-20(24)5-4-14-27-18-10-8-17(21)9-11-18/h6-13,15H,4-5,14H2,1-3H3,(H,22,24). The molecule has 0 saturated carbocycles. The number of amides is 1. The summed E-state index contributed by atoms with van der Waals surface area (Å²) in [5.74, 6) is 0.628. The van der Waals surface area contributed by atoms with Crippen LogP contribution >= 0.6 is 11.6 Å². The van der Waals surface area contributed by atoms with Crippen molar-refractivity contribution < 1.29 is 17.9 Å². The molecule has 8 heteroatoms. The average Bonchev–Trinajstić information content (AvgIpc) is 2.66. The summed E-state index contributed by atoms with van der Waals surface area (Å²) in [5.41, 5.74) is 0.837. The molecule has 152 valence electrons. The molecule has 1 unspecified atom stereocenters. The maximum Gasteiger partial charge on any atom is 0.242 e. The van der Waals surface area contributed by atoms with Crippen molar-refractivity contribution in [1.29, 1.82) is 0 Å². The van der Waals surface area contributed by atoms with Gasteiger partial charge in [-0.15, -0.1) is 0 Å².